The van der Waals surface area contributed by atoms with Crippen LogP contribution in [0.2, 0.25) is 10.0 Å². The van der Waals surface area contributed by atoms with Crippen molar-refractivity contribution in [3.05, 3.63) is 63.4 Å². The van der Waals surface area contributed by atoms with E-state index in [4.69, 9.17) is 23.2 Å². The molecule has 4 heteroatoms. The Morgan fingerprint density at radius 3 is 2.68 bits per heavy atom. The van der Waals surface area contributed by atoms with Crippen LogP contribution in [-0.2, 0) is 6.61 Å². The molecule has 0 spiro atoms. The second kappa shape index (κ2) is 6.38. The van der Waals surface area contributed by atoms with Gasteiger partial charge in [0.05, 0.1) is 12.3 Å². The lowest BCUT2D eigenvalue weighted by atomic mass is 9.90. The Hall–Kier alpha value is -1.09. The van der Waals surface area contributed by atoms with Crippen molar-refractivity contribution in [1.29, 1.82) is 0 Å². The second-order valence-electron chi connectivity index (χ2n) is 4.33. The fraction of sp³-hybridized carbons (Fsp3) is 0.267. The summed E-state index contributed by atoms with van der Waals surface area (Å²) in [5.41, 5.74) is 2.69. The monoisotopic (exact) mass is 295 g/mol. The van der Waals surface area contributed by atoms with Gasteiger partial charge in [-0.2, -0.15) is 0 Å². The molecule has 0 saturated carbocycles. The van der Waals surface area contributed by atoms with Crippen molar-refractivity contribution in [3.8, 4) is 0 Å². The molecular weight excluding hydrogens is 281 g/mol. The molecule has 2 nitrogen and oxygen atoms in total. The average Bonchev–Trinajstić information content (AvgIpc) is 2.42. The molecule has 0 aliphatic carbocycles. The number of rotatable bonds is 4. The molecule has 100 valence electrons. The van der Waals surface area contributed by atoms with E-state index in [9.17, 15) is 5.11 Å². The summed E-state index contributed by atoms with van der Waals surface area (Å²) < 4.78 is 0. The summed E-state index contributed by atoms with van der Waals surface area (Å²) in [6.07, 6.45) is 2.59. The molecule has 1 atom stereocenters. The zero-order valence-corrected chi connectivity index (χ0v) is 12.1. The molecule has 0 amide bonds. The van der Waals surface area contributed by atoms with Crippen LogP contribution in [0.1, 0.15) is 36.1 Å². The van der Waals surface area contributed by atoms with Crippen LogP contribution >= 0.6 is 23.2 Å². The molecule has 1 aromatic carbocycles. The van der Waals surface area contributed by atoms with E-state index in [-0.39, 0.29) is 12.5 Å². The van der Waals surface area contributed by atoms with E-state index in [2.05, 4.69) is 11.9 Å². The van der Waals surface area contributed by atoms with Crippen LogP contribution in [-0.4, -0.2) is 10.1 Å². The third kappa shape index (κ3) is 3.08. The van der Waals surface area contributed by atoms with Crippen molar-refractivity contribution in [3.63, 3.8) is 0 Å². The molecule has 2 rings (SSSR count). The highest BCUT2D eigenvalue weighted by atomic mass is 35.5. The number of aliphatic hydroxyl groups is 1. The molecule has 1 heterocycles. The third-order valence-electron chi connectivity index (χ3n) is 3.17. The first kappa shape index (κ1) is 14.3. The van der Waals surface area contributed by atoms with Gasteiger partial charge in [0.1, 0.15) is 0 Å². The summed E-state index contributed by atoms with van der Waals surface area (Å²) in [4.78, 5) is 4.41. The van der Waals surface area contributed by atoms with Crippen molar-refractivity contribution < 1.29 is 5.11 Å². The maximum absolute atomic E-state index is 9.43. The highest BCUT2D eigenvalue weighted by Gasteiger charge is 2.19. The molecule has 0 aliphatic rings. The van der Waals surface area contributed by atoms with Gasteiger partial charge >= 0.3 is 0 Å². The first-order valence-electron chi connectivity index (χ1n) is 6.17. The van der Waals surface area contributed by atoms with Crippen LogP contribution in [0.5, 0.6) is 0 Å². The molecule has 1 aromatic heterocycles. The summed E-state index contributed by atoms with van der Waals surface area (Å²) >= 11 is 12.2. The lowest BCUT2D eigenvalue weighted by Gasteiger charge is -2.19. The molecule has 0 fully saturated rings. The van der Waals surface area contributed by atoms with E-state index in [1.54, 1.807) is 12.3 Å². The standard InChI is InChI=1S/C15H15Cl2NO/c1-2-12(13-6-5-11(16)8-14(13)17)15-10(9-19)4-3-7-18-15/h3-8,12,19H,2,9H2,1H3. The smallest absolute Gasteiger partial charge is 0.0699 e. The minimum Gasteiger partial charge on any atom is -0.392 e. The first-order valence-corrected chi connectivity index (χ1v) is 6.92. The maximum Gasteiger partial charge on any atom is 0.0699 e. The Morgan fingerprint density at radius 2 is 2.05 bits per heavy atom. The van der Waals surface area contributed by atoms with E-state index in [1.807, 2.05) is 24.3 Å². The van der Waals surface area contributed by atoms with E-state index < -0.39 is 0 Å². The number of hydrogen-bond acceptors (Lipinski definition) is 2. The predicted molar refractivity (Wildman–Crippen MR) is 78.8 cm³/mol. The Kier molecular flexibility index (Phi) is 4.81. The van der Waals surface area contributed by atoms with Crippen LogP contribution < -0.4 is 0 Å². The van der Waals surface area contributed by atoms with Gasteiger partial charge in [0.15, 0.2) is 0 Å². The Bertz CT molecular complexity index is 572. The topological polar surface area (TPSA) is 33.1 Å². The molecule has 0 aliphatic heterocycles. The van der Waals surface area contributed by atoms with Crippen molar-refractivity contribution >= 4 is 23.2 Å². The van der Waals surface area contributed by atoms with Crippen molar-refractivity contribution in [2.45, 2.75) is 25.9 Å². The number of pyridine rings is 1. The van der Waals surface area contributed by atoms with Gasteiger partial charge < -0.3 is 5.11 Å². The fourth-order valence-electron chi connectivity index (χ4n) is 2.24. The van der Waals surface area contributed by atoms with Gasteiger partial charge in [-0.1, -0.05) is 42.3 Å². The van der Waals surface area contributed by atoms with Gasteiger partial charge in [-0.25, -0.2) is 0 Å². The Morgan fingerprint density at radius 1 is 1.26 bits per heavy atom. The molecule has 1 N–H and O–H groups in total. The SMILES string of the molecule is CCC(c1ccc(Cl)cc1Cl)c1ncccc1CO. The maximum atomic E-state index is 9.43. The minimum atomic E-state index is -0.0229. The summed E-state index contributed by atoms with van der Waals surface area (Å²) in [7, 11) is 0. The van der Waals surface area contributed by atoms with Crippen molar-refractivity contribution in [2.75, 3.05) is 0 Å². The summed E-state index contributed by atoms with van der Waals surface area (Å²) in [6, 6.07) is 9.20. The van der Waals surface area contributed by atoms with Crippen LogP contribution in [0.3, 0.4) is 0 Å². The summed E-state index contributed by atoms with van der Waals surface area (Å²) in [6.45, 7) is 2.05. The van der Waals surface area contributed by atoms with E-state index >= 15 is 0 Å². The highest BCUT2D eigenvalue weighted by Crippen LogP contribution is 2.34. The van der Waals surface area contributed by atoms with Crippen LogP contribution in [0.25, 0.3) is 0 Å². The third-order valence-corrected chi connectivity index (χ3v) is 3.74. The molecule has 1 unspecified atom stereocenters. The number of aromatic nitrogens is 1. The number of nitrogens with zero attached hydrogens (tertiary/aromatic N) is 1. The van der Waals surface area contributed by atoms with Crippen LogP contribution in [0.15, 0.2) is 36.5 Å². The van der Waals surface area contributed by atoms with Gasteiger partial charge in [0.25, 0.3) is 0 Å². The molecular formula is C15H15Cl2NO. The number of benzene rings is 1. The zero-order chi connectivity index (χ0) is 13.8. The first-order chi connectivity index (χ1) is 9.17. The lowest BCUT2D eigenvalue weighted by molar-refractivity contribution is 0.279. The van der Waals surface area contributed by atoms with Gasteiger partial charge in [0.2, 0.25) is 0 Å². The van der Waals surface area contributed by atoms with Gasteiger partial charge in [-0.05, 0) is 35.7 Å². The van der Waals surface area contributed by atoms with Crippen LogP contribution in [0.4, 0.5) is 0 Å². The van der Waals surface area contributed by atoms with Gasteiger partial charge in [-0.15, -0.1) is 0 Å². The molecule has 0 saturated heterocycles. The molecule has 19 heavy (non-hydrogen) atoms. The molecule has 0 bridgehead atoms. The van der Waals surface area contributed by atoms with Crippen molar-refractivity contribution in [2.24, 2.45) is 0 Å². The normalized spacial score (nSPS) is 12.4. The largest absolute Gasteiger partial charge is 0.392 e. The summed E-state index contributed by atoms with van der Waals surface area (Å²) in [5, 5.41) is 10.7. The van der Waals surface area contributed by atoms with E-state index in [0.717, 1.165) is 23.2 Å². The fourth-order valence-corrected chi connectivity index (χ4v) is 2.78. The molecule has 0 radical (unpaired) electrons. The number of hydrogen-bond donors (Lipinski definition) is 1. The predicted octanol–water partition coefficient (Wildman–Crippen LogP) is 4.42. The van der Waals surface area contributed by atoms with Gasteiger partial charge in [0, 0.05) is 22.2 Å². The zero-order valence-electron chi connectivity index (χ0n) is 10.6. The Labute approximate surface area is 123 Å². The van der Waals surface area contributed by atoms with E-state index in [1.165, 1.54) is 0 Å². The van der Waals surface area contributed by atoms with Gasteiger partial charge in [-0.3, -0.25) is 4.98 Å². The van der Waals surface area contributed by atoms with Crippen molar-refractivity contribution in [1.82, 2.24) is 4.98 Å². The number of halogens is 2. The number of aliphatic hydroxyl groups excluding tert-OH is 1. The highest BCUT2D eigenvalue weighted by molar-refractivity contribution is 6.35. The average molecular weight is 296 g/mol. The quantitative estimate of drug-likeness (QED) is 0.905. The minimum absolute atomic E-state index is 0.0229. The van der Waals surface area contributed by atoms with Crippen LogP contribution in [0, 0.1) is 0 Å². The molecule has 2 aromatic rings. The lowest BCUT2D eigenvalue weighted by Crippen LogP contribution is -2.07. The Balaban J connectivity index is 2.50. The second-order valence-corrected chi connectivity index (χ2v) is 5.18. The summed E-state index contributed by atoms with van der Waals surface area (Å²) in [5.74, 6) is 0.0631. The van der Waals surface area contributed by atoms with E-state index in [0.29, 0.717) is 10.0 Å².